The van der Waals surface area contributed by atoms with Crippen molar-refractivity contribution in [2.75, 3.05) is 17.7 Å². The average molecular weight is 234 g/mol. The molecule has 0 bridgehead atoms. The second kappa shape index (κ2) is 4.49. The van der Waals surface area contributed by atoms with Crippen molar-refractivity contribution in [1.29, 1.82) is 0 Å². The third-order valence-electron chi connectivity index (χ3n) is 2.46. The first-order valence-electron chi connectivity index (χ1n) is 4.98. The van der Waals surface area contributed by atoms with Gasteiger partial charge < -0.3 is 10.6 Å². The number of nitrogen functional groups attached to an aromatic ring is 1. The summed E-state index contributed by atoms with van der Waals surface area (Å²) in [6.45, 7) is 2.85. The lowest BCUT2D eigenvalue weighted by atomic mass is 10.3. The lowest BCUT2D eigenvalue weighted by Gasteiger charge is -2.20. The second-order valence-electron chi connectivity index (χ2n) is 3.65. The maximum Gasteiger partial charge on any atom is 0.0798 e. The van der Waals surface area contributed by atoms with Gasteiger partial charge in [0.05, 0.1) is 35.3 Å². The van der Waals surface area contributed by atoms with E-state index in [2.05, 4.69) is 14.9 Å². The van der Waals surface area contributed by atoms with E-state index in [0.717, 1.165) is 17.9 Å². The molecule has 0 radical (unpaired) electrons. The van der Waals surface area contributed by atoms with Crippen LogP contribution < -0.4 is 10.6 Å². The fraction of sp³-hybridized carbons (Fsp3) is 0.273. The zero-order valence-electron chi connectivity index (χ0n) is 9.34. The van der Waals surface area contributed by atoms with Crippen LogP contribution in [0.1, 0.15) is 10.6 Å². The Kier molecular flexibility index (Phi) is 3.05. The van der Waals surface area contributed by atoms with Gasteiger partial charge in [-0.2, -0.15) is 0 Å². The normalized spacial score (nSPS) is 10.4. The molecular weight excluding hydrogens is 220 g/mol. The van der Waals surface area contributed by atoms with Gasteiger partial charge in [-0.05, 0) is 13.0 Å². The van der Waals surface area contributed by atoms with Crippen molar-refractivity contribution in [3.05, 3.63) is 34.5 Å². The molecule has 0 aliphatic heterocycles. The van der Waals surface area contributed by atoms with Crippen LogP contribution in [0.25, 0.3) is 0 Å². The number of aromatic nitrogens is 2. The Bertz CT molecular complexity index is 480. The number of hydrogen-bond donors (Lipinski definition) is 1. The number of thiazole rings is 1. The van der Waals surface area contributed by atoms with E-state index in [4.69, 9.17) is 5.73 Å². The van der Waals surface area contributed by atoms with Gasteiger partial charge in [-0.1, -0.05) is 0 Å². The zero-order valence-corrected chi connectivity index (χ0v) is 10.2. The molecule has 0 spiro atoms. The Balaban J connectivity index is 2.18. The molecule has 0 fully saturated rings. The summed E-state index contributed by atoms with van der Waals surface area (Å²) in [6.07, 6.45) is 3.42. The van der Waals surface area contributed by atoms with Gasteiger partial charge >= 0.3 is 0 Å². The predicted molar refractivity (Wildman–Crippen MR) is 67.6 cm³/mol. The number of aryl methyl sites for hydroxylation is 1. The van der Waals surface area contributed by atoms with E-state index in [9.17, 15) is 0 Å². The molecular formula is C11H14N4S. The van der Waals surface area contributed by atoms with Crippen molar-refractivity contribution >= 4 is 22.7 Å². The Labute approximate surface area is 98.8 Å². The summed E-state index contributed by atoms with van der Waals surface area (Å²) in [4.78, 5) is 11.6. The van der Waals surface area contributed by atoms with Gasteiger partial charge in [0.1, 0.15) is 0 Å². The molecule has 0 amide bonds. The third-order valence-corrected chi connectivity index (χ3v) is 3.38. The molecule has 2 aromatic heterocycles. The lowest BCUT2D eigenvalue weighted by molar-refractivity contribution is 0.925. The standard InChI is InChI=1S/C11H14N4S/c1-8-11(16-7-14-8)6-15(2)10-3-4-13-5-9(10)12/h3-5,7H,6,12H2,1-2H3. The van der Waals surface area contributed by atoms with Crippen LogP contribution >= 0.6 is 11.3 Å². The summed E-state index contributed by atoms with van der Waals surface area (Å²) >= 11 is 1.67. The van der Waals surface area contributed by atoms with Crippen molar-refractivity contribution in [2.45, 2.75) is 13.5 Å². The van der Waals surface area contributed by atoms with Crippen LogP contribution in [-0.4, -0.2) is 17.0 Å². The zero-order chi connectivity index (χ0) is 11.5. The smallest absolute Gasteiger partial charge is 0.0798 e. The fourth-order valence-corrected chi connectivity index (χ4v) is 2.36. The van der Waals surface area contributed by atoms with E-state index in [1.807, 2.05) is 25.5 Å². The Hall–Kier alpha value is -1.62. The predicted octanol–water partition coefficient (Wildman–Crippen LogP) is 2.07. The van der Waals surface area contributed by atoms with Gasteiger partial charge in [-0.15, -0.1) is 11.3 Å². The molecule has 0 aliphatic rings. The first kappa shape index (κ1) is 10.9. The van der Waals surface area contributed by atoms with E-state index in [1.54, 1.807) is 23.7 Å². The van der Waals surface area contributed by atoms with Gasteiger partial charge in [0, 0.05) is 18.1 Å². The van der Waals surface area contributed by atoms with Crippen molar-refractivity contribution in [3.63, 3.8) is 0 Å². The second-order valence-corrected chi connectivity index (χ2v) is 4.59. The minimum Gasteiger partial charge on any atom is -0.396 e. The molecule has 0 saturated heterocycles. The van der Waals surface area contributed by atoms with Gasteiger partial charge in [0.2, 0.25) is 0 Å². The molecule has 2 aromatic rings. The number of pyridine rings is 1. The van der Waals surface area contributed by atoms with Gasteiger partial charge in [-0.3, -0.25) is 4.98 Å². The van der Waals surface area contributed by atoms with Crippen molar-refractivity contribution in [1.82, 2.24) is 9.97 Å². The highest BCUT2D eigenvalue weighted by Crippen LogP contribution is 2.23. The average Bonchev–Trinajstić information content (AvgIpc) is 2.65. The summed E-state index contributed by atoms with van der Waals surface area (Å²) in [7, 11) is 2.02. The van der Waals surface area contributed by atoms with E-state index >= 15 is 0 Å². The van der Waals surface area contributed by atoms with Crippen LogP contribution in [0.4, 0.5) is 11.4 Å². The molecule has 4 nitrogen and oxygen atoms in total. The largest absolute Gasteiger partial charge is 0.396 e. The number of nitrogens with zero attached hydrogens (tertiary/aromatic N) is 3. The maximum atomic E-state index is 5.87. The highest BCUT2D eigenvalue weighted by molar-refractivity contribution is 7.09. The summed E-state index contributed by atoms with van der Waals surface area (Å²) in [5, 5.41) is 0. The van der Waals surface area contributed by atoms with E-state index in [1.165, 1.54) is 4.88 Å². The highest BCUT2D eigenvalue weighted by atomic mass is 32.1. The Morgan fingerprint density at radius 1 is 1.50 bits per heavy atom. The molecule has 2 rings (SSSR count). The number of anilines is 2. The van der Waals surface area contributed by atoms with E-state index in [-0.39, 0.29) is 0 Å². The quantitative estimate of drug-likeness (QED) is 0.883. The highest BCUT2D eigenvalue weighted by Gasteiger charge is 2.08. The molecule has 16 heavy (non-hydrogen) atoms. The van der Waals surface area contributed by atoms with Crippen LogP contribution in [0.2, 0.25) is 0 Å². The van der Waals surface area contributed by atoms with Crippen molar-refractivity contribution in [3.8, 4) is 0 Å². The summed E-state index contributed by atoms with van der Waals surface area (Å²) in [5.41, 5.74) is 10.5. The molecule has 2 heterocycles. The van der Waals surface area contributed by atoms with Crippen LogP contribution in [0.15, 0.2) is 24.0 Å². The van der Waals surface area contributed by atoms with Crippen LogP contribution in [0.3, 0.4) is 0 Å². The van der Waals surface area contributed by atoms with Gasteiger partial charge in [0.15, 0.2) is 0 Å². The topological polar surface area (TPSA) is 55.0 Å². The number of rotatable bonds is 3. The van der Waals surface area contributed by atoms with Crippen LogP contribution in [0.5, 0.6) is 0 Å². The van der Waals surface area contributed by atoms with Gasteiger partial charge in [0.25, 0.3) is 0 Å². The van der Waals surface area contributed by atoms with Crippen LogP contribution in [-0.2, 0) is 6.54 Å². The molecule has 0 atom stereocenters. The number of hydrogen-bond acceptors (Lipinski definition) is 5. The first-order chi connectivity index (χ1) is 7.68. The van der Waals surface area contributed by atoms with Crippen LogP contribution in [0, 0.1) is 6.92 Å². The van der Waals surface area contributed by atoms with E-state index < -0.39 is 0 Å². The van der Waals surface area contributed by atoms with E-state index in [0.29, 0.717) is 5.69 Å². The summed E-state index contributed by atoms with van der Waals surface area (Å²) in [5.74, 6) is 0. The maximum absolute atomic E-state index is 5.87. The first-order valence-corrected chi connectivity index (χ1v) is 5.86. The number of nitrogens with two attached hydrogens (primary N) is 1. The molecule has 5 heteroatoms. The third kappa shape index (κ3) is 2.14. The molecule has 0 aromatic carbocycles. The fourth-order valence-electron chi connectivity index (χ4n) is 1.53. The lowest BCUT2D eigenvalue weighted by Crippen LogP contribution is -2.17. The molecule has 2 N–H and O–H groups in total. The summed E-state index contributed by atoms with van der Waals surface area (Å²) in [6, 6.07) is 1.92. The Morgan fingerprint density at radius 2 is 2.31 bits per heavy atom. The molecule has 0 saturated carbocycles. The minimum absolute atomic E-state index is 0.701. The van der Waals surface area contributed by atoms with Gasteiger partial charge in [-0.25, -0.2) is 4.98 Å². The molecule has 84 valence electrons. The minimum atomic E-state index is 0.701. The monoisotopic (exact) mass is 234 g/mol. The van der Waals surface area contributed by atoms with Crippen molar-refractivity contribution < 1.29 is 0 Å². The Morgan fingerprint density at radius 3 is 2.94 bits per heavy atom. The molecule has 0 unspecified atom stereocenters. The van der Waals surface area contributed by atoms with Crippen molar-refractivity contribution in [2.24, 2.45) is 0 Å². The SMILES string of the molecule is Cc1ncsc1CN(C)c1ccncc1N. The molecule has 0 aliphatic carbocycles. The summed E-state index contributed by atoms with van der Waals surface area (Å²) < 4.78 is 0.